The third-order valence-electron chi connectivity index (χ3n) is 3.95. The van der Waals surface area contributed by atoms with Crippen molar-refractivity contribution in [3.8, 4) is 11.1 Å². The smallest absolute Gasteiger partial charge is 0.0504 e. The van der Waals surface area contributed by atoms with E-state index in [0.717, 1.165) is 25.1 Å². The first-order valence-electron chi connectivity index (χ1n) is 6.82. The molecule has 2 heteroatoms. The first-order valence-corrected chi connectivity index (χ1v) is 6.82. The zero-order chi connectivity index (χ0) is 13.1. The van der Waals surface area contributed by atoms with Gasteiger partial charge in [-0.25, -0.2) is 0 Å². The molecule has 0 spiro atoms. The average Bonchev–Trinajstić information content (AvgIpc) is 3.27. The molecule has 0 bridgehead atoms. The maximum Gasteiger partial charge on any atom is 0.0504 e. The van der Waals surface area contributed by atoms with Gasteiger partial charge in [-0.3, -0.25) is 0 Å². The largest absolute Gasteiger partial charge is 0.396 e. The van der Waals surface area contributed by atoms with E-state index in [1.807, 2.05) is 6.07 Å². The second-order valence-corrected chi connectivity index (χ2v) is 5.46. The van der Waals surface area contributed by atoms with Crippen LogP contribution in [-0.4, -0.2) is 18.3 Å². The molecule has 0 aromatic heterocycles. The fraction of sp³-hybridized carbons (Fsp3) is 0.294. The van der Waals surface area contributed by atoms with Crippen molar-refractivity contribution >= 4 is 5.69 Å². The molecule has 0 amide bonds. The third kappa shape index (κ3) is 2.79. The number of aliphatic hydroxyl groups excluding tert-OH is 1. The fourth-order valence-corrected chi connectivity index (χ4v) is 2.27. The van der Waals surface area contributed by atoms with Crippen LogP contribution < -0.4 is 5.32 Å². The summed E-state index contributed by atoms with van der Waals surface area (Å²) in [4.78, 5) is 0. The second-order valence-electron chi connectivity index (χ2n) is 5.46. The van der Waals surface area contributed by atoms with Gasteiger partial charge >= 0.3 is 0 Å². The van der Waals surface area contributed by atoms with E-state index in [4.69, 9.17) is 0 Å². The first-order chi connectivity index (χ1) is 9.31. The van der Waals surface area contributed by atoms with Crippen LogP contribution in [0.2, 0.25) is 0 Å². The van der Waals surface area contributed by atoms with Gasteiger partial charge in [-0.05, 0) is 36.1 Å². The van der Waals surface area contributed by atoms with Crippen LogP contribution in [0.25, 0.3) is 11.1 Å². The van der Waals surface area contributed by atoms with Crippen LogP contribution >= 0.6 is 0 Å². The standard InChI is InChI=1S/C17H19NO/c19-13-17(10-11-17)12-18-16-8-6-15(7-9-16)14-4-2-1-3-5-14/h1-9,18-19H,10-13H2. The van der Waals surface area contributed by atoms with Crippen molar-refractivity contribution in [2.45, 2.75) is 12.8 Å². The topological polar surface area (TPSA) is 32.3 Å². The van der Waals surface area contributed by atoms with Crippen molar-refractivity contribution in [2.75, 3.05) is 18.5 Å². The molecule has 0 saturated heterocycles. The first kappa shape index (κ1) is 12.2. The normalized spacial score (nSPS) is 16.1. The molecule has 19 heavy (non-hydrogen) atoms. The lowest BCUT2D eigenvalue weighted by atomic mass is 10.1. The van der Waals surface area contributed by atoms with Gasteiger partial charge in [0.1, 0.15) is 0 Å². The number of hydrogen-bond donors (Lipinski definition) is 2. The predicted octanol–water partition coefficient (Wildman–Crippen LogP) is 3.54. The number of hydrogen-bond acceptors (Lipinski definition) is 2. The second kappa shape index (κ2) is 5.06. The van der Waals surface area contributed by atoms with Gasteiger partial charge in [-0.1, -0.05) is 42.5 Å². The van der Waals surface area contributed by atoms with E-state index in [0.29, 0.717) is 6.61 Å². The predicted molar refractivity (Wildman–Crippen MR) is 79.1 cm³/mol. The van der Waals surface area contributed by atoms with E-state index >= 15 is 0 Å². The molecule has 1 saturated carbocycles. The minimum atomic E-state index is 0.151. The molecule has 0 aliphatic heterocycles. The number of anilines is 1. The Morgan fingerprint density at radius 1 is 0.895 bits per heavy atom. The number of rotatable bonds is 5. The zero-order valence-corrected chi connectivity index (χ0v) is 11.0. The Morgan fingerprint density at radius 2 is 1.53 bits per heavy atom. The molecule has 1 aliphatic carbocycles. The molecule has 0 atom stereocenters. The summed E-state index contributed by atoms with van der Waals surface area (Å²) in [6.45, 7) is 1.16. The molecular formula is C17H19NO. The van der Waals surface area contributed by atoms with Crippen molar-refractivity contribution < 1.29 is 5.11 Å². The summed E-state index contributed by atoms with van der Waals surface area (Å²) in [5, 5.41) is 12.7. The van der Waals surface area contributed by atoms with E-state index < -0.39 is 0 Å². The van der Waals surface area contributed by atoms with E-state index in [9.17, 15) is 5.11 Å². The Kier molecular flexibility index (Phi) is 3.26. The summed E-state index contributed by atoms with van der Waals surface area (Å²) >= 11 is 0. The van der Waals surface area contributed by atoms with Crippen LogP contribution in [-0.2, 0) is 0 Å². The lowest BCUT2D eigenvalue weighted by Gasteiger charge is -2.14. The van der Waals surface area contributed by atoms with Crippen molar-refractivity contribution in [2.24, 2.45) is 5.41 Å². The van der Waals surface area contributed by atoms with Crippen LogP contribution in [0.15, 0.2) is 54.6 Å². The quantitative estimate of drug-likeness (QED) is 0.854. The molecule has 98 valence electrons. The van der Waals surface area contributed by atoms with E-state index in [1.54, 1.807) is 0 Å². The lowest BCUT2D eigenvalue weighted by molar-refractivity contribution is 0.220. The van der Waals surface area contributed by atoms with Crippen LogP contribution in [0.1, 0.15) is 12.8 Å². The maximum atomic E-state index is 9.29. The van der Waals surface area contributed by atoms with Gasteiger partial charge in [0.2, 0.25) is 0 Å². The van der Waals surface area contributed by atoms with Crippen LogP contribution in [0, 0.1) is 5.41 Å². The van der Waals surface area contributed by atoms with Gasteiger partial charge in [0.05, 0.1) is 6.61 Å². The number of nitrogens with one attached hydrogen (secondary N) is 1. The Bertz CT molecular complexity index is 529. The van der Waals surface area contributed by atoms with Crippen molar-refractivity contribution in [1.82, 2.24) is 0 Å². The third-order valence-corrected chi connectivity index (χ3v) is 3.95. The van der Waals surface area contributed by atoms with Gasteiger partial charge < -0.3 is 10.4 Å². The molecule has 2 aromatic carbocycles. The molecular weight excluding hydrogens is 234 g/mol. The van der Waals surface area contributed by atoms with Crippen molar-refractivity contribution in [3.63, 3.8) is 0 Å². The molecule has 2 nitrogen and oxygen atoms in total. The van der Waals surface area contributed by atoms with E-state index in [1.165, 1.54) is 11.1 Å². The highest BCUT2D eigenvalue weighted by Gasteiger charge is 2.41. The maximum absolute atomic E-state index is 9.29. The summed E-state index contributed by atoms with van der Waals surface area (Å²) < 4.78 is 0. The highest BCUT2D eigenvalue weighted by Crippen LogP contribution is 2.44. The van der Waals surface area contributed by atoms with Gasteiger partial charge in [0.25, 0.3) is 0 Å². The van der Waals surface area contributed by atoms with Gasteiger partial charge in [-0.2, -0.15) is 0 Å². The minimum absolute atomic E-state index is 0.151. The van der Waals surface area contributed by atoms with Crippen LogP contribution in [0.3, 0.4) is 0 Å². The van der Waals surface area contributed by atoms with Gasteiger partial charge in [0.15, 0.2) is 0 Å². The molecule has 0 radical (unpaired) electrons. The Morgan fingerprint density at radius 3 is 2.11 bits per heavy atom. The number of aliphatic hydroxyl groups is 1. The highest BCUT2D eigenvalue weighted by molar-refractivity contribution is 5.65. The van der Waals surface area contributed by atoms with Crippen molar-refractivity contribution in [3.05, 3.63) is 54.6 Å². The number of benzene rings is 2. The molecule has 0 unspecified atom stereocenters. The molecule has 1 aliphatic rings. The zero-order valence-electron chi connectivity index (χ0n) is 11.0. The lowest BCUT2D eigenvalue weighted by Crippen LogP contribution is -2.18. The fourth-order valence-electron chi connectivity index (χ4n) is 2.27. The SMILES string of the molecule is OCC1(CNc2ccc(-c3ccccc3)cc2)CC1. The summed E-state index contributed by atoms with van der Waals surface area (Å²) in [6, 6.07) is 18.9. The summed E-state index contributed by atoms with van der Waals surface area (Å²) in [7, 11) is 0. The Labute approximate surface area is 114 Å². The van der Waals surface area contributed by atoms with Crippen LogP contribution in [0.5, 0.6) is 0 Å². The minimum Gasteiger partial charge on any atom is -0.396 e. The molecule has 3 rings (SSSR count). The van der Waals surface area contributed by atoms with Gasteiger partial charge in [0, 0.05) is 17.6 Å². The molecule has 0 heterocycles. The highest BCUT2D eigenvalue weighted by atomic mass is 16.3. The van der Waals surface area contributed by atoms with Crippen molar-refractivity contribution in [1.29, 1.82) is 0 Å². The average molecular weight is 253 g/mol. The van der Waals surface area contributed by atoms with Crippen LogP contribution in [0.4, 0.5) is 5.69 Å². The summed E-state index contributed by atoms with van der Waals surface area (Å²) in [5.74, 6) is 0. The molecule has 1 fully saturated rings. The Balaban J connectivity index is 1.66. The summed E-state index contributed by atoms with van der Waals surface area (Å²) in [5.41, 5.74) is 3.75. The summed E-state index contributed by atoms with van der Waals surface area (Å²) in [6.07, 6.45) is 2.27. The van der Waals surface area contributed by atoms with E-state index in [2.05, 4.69) is 53.8 Å². The monoisotopic (exact) mass is 253 g/mol. The Hall–Kier alpha value is -1.80. The van der Waals surface area contributed by atoms with E-state index in [-0.39, 0.29) is 5.41 Å². The van der Waals surface area contributed by atoms with Gasteiger partial charge in [-0.15, -0.1) is 0 Å². The molecule has 2 aromatic rings. The molecule has 2 N–H and O–H groups in total.